The van der Waals surface area contributed by atoms with E-state index in [0.717, 1.165) is 0 Å². The van der Waals surface area contributed by atoms with Gasteiger partial charge in [-0.05, 0) is 44.2 Å². The van der Waals surface area contributed by atoms with Crippen molar-refractivity contribution in [1.82, 2.24) is 4.72 Å². The lowest BCUT2D eigenvalue weighted by Gasteiger charge is -2.09. The van der Waals surface area contributed by atoms with Crippen LogP contribution in [0.5, 0.6) is 0 Å². The molecule has 0 saturated heterocycles. The van der Waals surface area contributed by atoms with Gasteiger partial charge in [-0.1, -0.05) is 12.2 Å². The molecule has 1 aromatic carbocycles. The largest absolute Gasteiger partial charge is 0.329 e. The van der Waals surface area contributed by atoms with Gasteiger partial charge >= 0.3 is 0 Å². The van der Waals surface area contributed by atoms with E-state index in [2.05, 4.69) is 10.0 Å². The number of sulfonamides is 1. The molecule has 1 aromatic rings. The number of allylic oxidation sites excluding steroid dienone is 3. The van der Waals surface area contributed by atoms with Gasteiger partial charge in [0.05, 0.1) is 4.90 Å². The number of carbonyl (C=O) groups excluding carboxylic acids is 1. The Morgan fingerprint density at radius 3 is 2.26 bits per heavy atom. The molecule has 2 N–H and O–H groups in total. The van der Waals surface area contributed by atoms with E-state index >= 15 is 0 Å². The Balaban J connectivity index is 2.97. The highest BCUT2D eigenvalue weighted by Crippen LogP contribution is 2.14. The first-order valence-electron chi connectivity index (χ1n) is 5.65. The maximum Gasteiger partial charge on any atom is 0.261 e. The SMILES string of the molecule is C/C=C\C(=C/C)NS(=O)(=O)c1ccc(NC=O)cc1. The minimum absolute atomic E-state index is 0.132. The molecule has 1 rings (SSSR count). The summed E-state index contributed by atoms with van der Waals surface area (Å²) in [5.41, 5.74) is 1.03. The number of carbonyl (C=O) groups is 1. The fourth-order valence-electron chi connectivity index (χ4n) is 1.38. The molecule has 5 nitrogen and oxygen atoms in total. The van der Waals surface area contributed by atoms with Gasteiger partial charge < -0.3 is 5.32 Å². The van der Waals surface area contributed by atoms with Gasteiger partial charge in [-0.3, -0.25) is 9.52 Å². The Bertz CT molecular complexity index is 587. The van der Waals surface area contributed by atoms with Crippen LogP contribution in [0, 0.1) is 0 Å². The van der Waals surface area contributed by atoms with Crippen molar-refractivity contribution in [3.05, 3.63) is 48.2 Å². The molecule has 6 heteroatoms. The lowest BCUT2D eigenvalue weighted by Crippen LogP contribution is -2.22. The predicted molar refractivity (Wildman–Crippen MR) is 75.0 cm³/mol. The van der Waals surface area contributed by atoms with Crippen molar-refractivity contribution >= 4 is 22.1 Å². The topological polar surface area (TPSA) is 75.3 Å². The number of amides is 1. The van der Waals surface area contributed by atoms with Crippen molar-refractivity contribution in [2.24, 2.45) is 0 Å². The molecule has 0 aliphatic rings. The second-order valence-electron chi connectivity index (χ2n) is 3.64. The summed E-state index contributed by atoms with van der Waals surface area (Å²) >= 11 is 0. The zero-order chi connectivity index (χ0) is 14.3. The number of nitrogens with one attached hydrogen (secondary N) is 2. The van der Waals surface area contributed by atoms with Gasteiger partial charge in [0.2, 0.25) is 6.41 Å². The lowest BCUT2D eigenvalue weighted by atomic mass is 10.3. The van der Waals surface area contributed by atoms with Crippen LogP contribution < -0.4 is 10.0 Å². The smallest absolute Gasteiger partial charge is 0.261 e. The predicted octanol–water partition coefficient (Wildman–Crippen LogP) is 2.01. The van der Waals surface area contributed by atoms with Gasteiger partial charge in [0, 0.05) is 11.4 Å². The monoisotopic (exact) mass is 280 g/mol. The first-order valence-corrected chi connectivity index (χ1v) is 7.14. The van der Waals surface area contributed by atoms with E-state index in [1.54, 1.807) is 32.1 Å². The summed E-state index contributed by atoms with van der Waals surface area (Å²) < 4.78 is 26.6. The third-order valence-corrected chi connectivity index (χ3v) is 3.70. The summed E-state index contributed by atoms with van der Waals surface area (Å²) in [6.45, 7) is 3.55. The highest BCUT2D eigenvalue weighted by atomic mass is 32.2. The van der Waals surface area contributed by atoms with Crippen LogP contribution in [0.25, 0.3) is 0 Å². The van der Waals surface area contributed by atoms with Crippen LogP contribution in [0.2, 0.25) is 0 Å². The Kier molecular flexibility index (Phi) is 5.32. The van der Waals surface area contributed by atoms with Gasteiger partial charge in [-0.2, -0.15) is 0 Å². The summed E-state index contributed by atoms with van der Waals surface area (Å²) in [6, 6.07) is 5.90. The van der Waals surface area contributed by atoms with Crippen molar-refractivity contribution in [1.29, 1.82) is 0 Å². The number of benzene rings is 1. The van der Waals surface area contributed by atoms with Crippen molar-refractivity contribution in [2.45, 2.75) is 18.7 Å². The molecule has 0 aliphatic heterocycles. The fraction of sp³-hybridized carbons (Fsp3) is 0.154. The standard InChI is InChI=1S/C13H16N2O3S/c1-3-5-11(4-2)15-19(17,18)13-8-6-12(7-9-13)14-10-16/h3-10,15H,1-2H3,(H,14,16)/b5-3-,11-4+. The van der Waals surface area contributed by atoms with E-state index in [9.17, 15) is 13.2 Å². The first kappa shape index (κ1) is 15.0. The summed E-state index contributed by atoms with van der Waals surface area (Å²) in [4.78, 5) is 10.4. The normalized spacial score (nSPS) is 12.4. The zero-order valence-electron chi connectivity index (χ0n) is 10.8. The highest BCUT2D eigenvalue weighted by molar-refractivity contribution is 7.89. The first-order chi connectivity index (χ1) is 9.03. The van der Waals surface area contributed by atoms with Crippen molar-refractivity contribution in [3.63, 3.8) is 0 Å². The number of hydrogen-bond donors (Lipinski definition) is 2. The van der Waals surface area contributed by atoms with Gasteiger partial charge in [-0.25, -0.2) is 8.42 Å². The maximum atomic E-state index is 12.1. The van der Waals surface area contributed by atoms with Crippen LogP contribution in [0.3, 0.4) is 0 Å². The molecule has 0 bridgehead atoms. The molecule has 0 aliphatic carbocycles. The molecule has 0 saturated carbocycles. The van der Waals surface area contributed by atoms with E-state index in [1.807, 2.05) is 0 Å². The highest BCUT2D eigenvalue weighted by Gasteiger charge is 2.13. The summed E-state index contributed by atoms with van der Waals surface area (Å²) in [5, 5.41) is 2.44. The number of rotatable bonds is 6. The molecule has 1 amide bonds. The van der Waals surface area contributed by atoms with Crippen LogP contribution in [-0.4, -0.2) is 14.8 Å². The molecule has 0 unspecified atom stereocenters. The van der Waals surface area contributed by atoms with Crippen LogP contribution in [0.1, 0.15) is 13.8 Å². The molecular formula is C13H16N2O3S. The van der Waals surface area contributed by atoms with E-state index < -0.39 is 10.0 Å². The fourth-order valence-corrected chi connectivity index (χ4v) is 2.49. The van der Waals surface area contributed by atoms with Crippen molar-refractivity contribution < 1.29 is 13.2 Å². The zero-order valence-corrected chi connectivity index (χ0v) is 11.6. The Morgan fingerprint density at radius 2 is 1.79 bits per heavy atom. The van der Waals surface area contributed by atoms with Gasteiger partial charge in [0.1, 0.15) is 0 Å². The molecule has 0 radical (unpaired) electrons. The second-order valence-corrected chi connectivity index (χ2v) is 5.32. The molecule has 19 heavy (non-hydrogen) atoms. The number of hydrogen-bond acceptors (Lipinski definition) is 3. The van der Waals surface area contributed by atoms with Gasteiger partial charge in [0.25, 0.3) is 10.0 Å². The second kappa shape index (κ2) is 6.75. The van der Waals surface area contributed by atoms with Gasteiger partial charge in [0.15, 0.2) is 0 Å². The van der Waals surface area contributed by atoms with Crippen LogP contribution in [-0.2, 0) is 14.8 Å². The van der Waals surface area contributed by atoms with Crippen LogP contribution in [0.4, 0.5) is 5.69 Å². The Morgan fingerprint density at radius 1 is 1.16 bits per heavy atom. The van der Waals surface area contributed by atoms with E-state index in [1.165, 1.54) is 24.3 Å². The van der Waals surface area contributed by atoms with Crippen LogP contribution >= 0.6 is 0 Å². The number of anilines is 1. The molecule has 0 atom stereocenters. The summed E-state index contributed by atoms with van der Waals surface area (Å²) in [7, 11) is -3.61. The third-order valence-electron chi connectivity index (χ3n) is 2.30. The molecular weight excluding hydrogens is 264 g/mol. The Labute approximate surface area is 113 Å². The van der Waals surface area contributed by atoms with Crippen molar-refractivity contribution in [3.8, 4) is 0 Å². The average Bonchev–Trinajstić information content (AvgIpc) is 2.39. The minimum Gasteiger partial charge on any atom is -0.329 e. The molecule has 0 spiro atoms. The average molecular weight is 280 g/mol. The van der Waals surface area contributed by atoms with E-state index in [0.29, 0.717) is 17.8 Å². The van der Waals surface area contributed by atoms with Crippen LogP contribution in [0.15, 0.2) is 53.1 Å². The Hall–Kier alpha value is -2.08. The van der Waals surface area contributed by atoms with Gasteiger partial charge in [-0.15, -0.1) is 0 Å². The third kappa shape index (κ3) is 4.26. The van der Waals surface area contributed by atoms with E-state index in [-0.39, 0.29) is 4.90 Å². The minimum atomic E-state index is -3.61. The molecule has 0 fully saturated rings. The maximum absolute atomic E-state index is 12.1. The quantitative estimate of drug-likeness (QED) is 0.618. The molecule has 102 valence electrons. The molecule has 0 heterocycles. The van der Waals surface area contributed by atoms with Crippen molar-refractivity contribution in [2.75, 3.05) is 5.32 Å². The van der Waals surface area contributed by atoms with E-state index in [4.69, 9.17) is 0 Å². The summed E-state index contributed by atoms with van der Waals surface area (Å²) in [5.74, 6) is 0. The lowest BCUT2D eigenvalue weighted by molar-refractivity contribution is -0.105. The molecule has 0 aromatic heterocycles. The summed E-state index contributed by atoms with van der Waals surface area (Å²) in [6.07, 6.45) is 5.61.